The number of thiazole rings is 1. The van der Waals surface area contributed by atoms with E-state index in [0.29, 0.717) is 11.2 Å². The Bertz CT molecular complexity index is 1090. The molecule has 158 valence electrons. The molecule has 8 nitrogen and oxygen atoms in total. The van der Waals surface area contributed by atoms with E-state index in [2.05, 4.69) is 51.0 Å². The van der Waals surface area contributed by atoms with Crippen molar-refractivity contribution in [3.05, 3.63) is 29.7 Å². The molecule has 30 heavy (non-hydrogen) atoms. The lowest BCUT2D eigenvalue weighted by molar-refractivity contribution is 0.184. The molecule has 0 radical (unpaired) electrons. The van der Waals surface area contributed by atoms with Gasteiger partial charge in [0.2, 0.25) is 0 Å². The third-order valence-electron chi connectivity index (χ3n) is 7.25. The molecule has 0 spiro atoms. The Labute approximate surface area is 179 Å². The summed E-state index contributed by atoms with van der Waals surface area (Å²) in [7, 11) is 2.13. The van der Waals surface area contributed by atoms with Gasteiger partial charge in [-0.15, -0.1) is 11.3 Å². The molecular formula is C21H27N7OS. The molecule has 9 heteroatoms. The lowest BCUT2D eigenvalue weighted by Gasteiger charge is -2.31. The average molecular weight is 426 g/mol. The molecule has 0 aromatic carbocycles. The number of fused-ring (bicyclic) bond motifs is 2. The van der Waals surface area contributed by atoms with Crippen molar-refractivity contribution in [2.24, 2.45) is 10.8 Å². The molecule has 2 aliphatic rings. The van der Waals surface area contributed by atoms with Crippen LogP contribution in [-0.4, -0.2) is 57.0 Å². The lowest BCUT2D eigenvalue weighted by atomic mass is 9.71. The van der Waals surface area contributed by atoms with Gasteiger partial charge in [-0.1, -0.05) is 13.8 Å². The summed E-state index contributed by atoms with van der Waals surface area (Å²) >= 11 is 1.51. The van der Waals surface area contributed by atoms with Crippen LogP contribution in [0.15, 0.2) is 24.8 Å². The van der Waals surface area contributed by atoms with Crippen molar-refractivity contribution in [2.45, 2.75) is 39.7 Å². The first kappa shape index (κ1) is 19.3. The summed E-state index contributed by atoms with van der Waals surface area (Å²) < 4.78 is 0. The highest BCUT2D eigenvalue weighted by Crippen LogP contribution is 2.58. The number of urea groups is 1. The molecule has 3 aromatic heterocycles. The van der Waals surface area contributed by atoms with Crippen LogP contribution in [0.1, 0.15) is 31.6 Å². The molecule has 0 bridgehead atoms. The molecule has 2 N–H and O–H groups in total. The largest absolute Gasteiger partial charge is 0.356 e. The Balaban J connectivity index is 1.32. The molecule has 1 saturated carbocycles. The van der Waals surface area contributed by atoms with Gasteiger partial charge in [0.25, 0.3) is 0 Å². The first-order valence-corrected chi connectivity index (χ1v) is 11.1. The maximum atomic E-state index is 12.8. The van der Waals surface area contributed by atoms with Gasteiger partial charge in [-0.25, -0.2) is 19.7 Å². The number of carbonyl (C=O) groups is 1. The number of nitrogens with one attached hydrogen (secondary N) is 2. The lowest BCUT2D eigenvalue weighted by Crippen LogP contribution is -2.38. The minimum atomic E-state index is -0.0454. The van der Waals surface area contributed by atoms with Crippen LogP contribution in [-0.2, 0) is 0 Å². The van der Waals surface area contributed by atoms with Crippen molar-refractivity contribution in [2.75, 3.05) is 30.4 Å². The van der Waals surface area contributed by atoms with Gasteiger partial charge < -0.3 is 14.8 Å². The monoisotopic (exact) mass is 425 g/mol. The number of rotatable bonds is 3. The Morgan fingerprint density at radius 1 is 1.27 bits per heavy atom. The van der Waals surface area contributed by atoms with Crippen molar-refractivity contribution in [1.82, 2.24) is 24.8 Å². The standard InChI is InChI=1S/C21H27N7OS/c1-13-9-23-18(30-13)26-19(29)28-10-20(2)7-14(8-21(20,3)11-28)27(4)17-15-5-6-22-16(15)24-12-25-17/h5-6,9,12,14H,7-8,10-11H2,1-4H3,(H,22,24,25)(H,23,26,29)/t14-,20+,21-. The van der Waals surface area contributed by atoms with Crippen molar-refractivity contribution in [1.29, 1.82) is 0 Å². The Hall–Kier alpha value is -2.68. The second-order valence-corrected chi connectivity index (χ2v) is 10.5. The summed E-state index contributed by atoms with van der Waals surface area (Å²) in [6, 6.07) is 2.36. The number of amides is 2. The van der Waals surface area contributed by atoms with Crippen molar-refractivity contribution < 1.29 is 4.79 Å². The summed E-state index contributed by atoms with van der Waals surface area (Å²) in [5.74, 6) is 0.965. The fourth-order valence-electron chi connectivity index (χ4n) is 5.33. The first-order valence-electron chi connectivity index (χ1n) is 10.3. The average Bonchev–Trinajstić information content (AvgIpc) is 3.42. The van der Waals surface area contributed by atoms with Gasteiger partial charge in [-0.2, -0.15) is 0 Å². The van der Waals surface area contributed by atoms with Gasteiger partial charge in [-0.05, 0) is 36.7 Å². The van der Waals surface area contributed by atoms with Crippen LogP contribution in [0.3, 0.4) is 0 Å². The Morgan fingerprint density at radius 3 is 2.67 bits per heavy atom. The molecule has 1 aliphatic carbocycles. The maximum Gasteiger partial charge on any atom is 0.323 e. The van der Waals surface area contributed by atoms with Crippen molar-refractivity contribution in [3.63, 3.8) is 0 Å². The third-order valence-corrected chi connectivity index (χ3v) is 8.07. The second kappa shape index (κ2) is 6.66. The number of hydrogen-bond donors (Lipinski definition) is 2. The van der Waals surface area contributed by atoms with Gasteiger partial charge in [0.15, 0.2) is 5.13 Å². The number of nitrogens with zero attached hydrogens (tertiary/aromatic N) is 5. The third kappa shape index (κ3) is 2.94. The molecule has 5 rings (SSSR count). The fourth-order valence-corrected chi connectivity index (χ4v) is 5.98. The quantitative estimate of drug-likeness (QED) is 0.665. The van der Waals surface area contributed by atoms with Crippen LogP contribution in [0.2, 0.25) is 0 Å². The highest BCUT2D eigenvalue weighted by atomic mass is 32.1. The van der Waals surface area contributed by atoms with E-state index in [1.54, 1.807) is 12.5 Å². The molecule has 1 saturated heterocycles. The molecule has 0 unspecified atom stereocenters. The molecule has 3 aromatic rings. The van der Waals surface area contributed by atoms with E-state index in [1.807, 2.05) is 24.1 Å². The SMILES string of the molecule is Cc1cnc(NC(=O)N2C[C@]3(C)C[C@@H](N(C)c4ncnc5[nH]ccc45)C[C@]3(C)C2)s1. The predicted octanol–water partition coefficient (Wildman–Crippen LogP) is 3.88. The fraction of sp³-hybridized carbons (Fsp3) is 0.524. The topological polar surface area (TPSA) is 90.0 Å². The van der Waals surface area contributed by atoms with Gasteiger partial charge in [0, 0.05) is 43.4 Å². The molecular weight excluding hydrogens is 398 g/mol. The summed E-state index contributed by atoms with van der Waals surface area (Å²) in [6.07, 6.45) is 7.36. The van der Waals surface area contributed by atoms with E-state index in [0.717, 1.165) is 47.7 Å². The summed E-state index contributed by atoms with van der Waals surface area (Å²) in [4.78, 5) is 34.5. The predicted molar refractivity (Wildman–Crippen MR) is 119 cm³/mol. The highest BCUT2D eigenvalue weighted by Gasteiger charge is 2.59. The molecule has 4 heterocycles. The highest BCUT2D eigenvalue weighted by molar-refractivity contribution is 7.15. The van der Waals surface area contributed by atoms with Gasteiger partial charge in [0.05, 0.1) is 5.39 Å². The number of carbonyl (C=O) groups excluding carboxylic acids is 1. The zero-order valence-electron chi connectivity index (χ0n) is 17.8. The number of anilines is 2. The van der Waals surface area contributed by atoms with Gasteiger partial charge in [0.1, 0.15) is 17.8 Å². The van der Waals surface area contributed by atoms with E-state index >= 15 is 0 Å². The van der Waals surface area contributed by atoms with E-state index in [1.165, 1.54) is 11.3 Å². The summed E-state index contributed by atoms with van der Waals surface area (Å²) in [5, 5.41) is 4.69. The van der Waals surface area contributed by atoms with Gasteiger partial charge in [-0.3, -0.25) is 5.32 Å². The Morgan fingerprint density at radius 2 is 2.00 bits per heavy atom. The molecule has 2 amide bonds. The van der Waals surface area contributed by atoms with Crippen LogP contribution < -0.4 is 10.2 Å². The van der Waals surface area contributed by atoms with Crippen LogP contribution in [0.25, 0.3) is 11.0 Å². The smallest absolute Gasteiger partial charge is 0.323 e. The normalized spacial score (nSPS) is 28.1. The number of aromatic nitrogens is 4. The Kier molecular flexibility index (Phi) is 4.29. The zero-order chi connectivity index (χ0) is 21.1. The number of likely N-dealkylation sites (tertiary alicyclic amines) is 1. The zero-order valence-corrected chi connectivity index (χ0v) is 18.6. The van der Waals surface area contributed by atoms with E-state index < -0.39 is 0 Å². The molecule has 3 atom stereocenters. The van der Waals surface area contributed by atoms with Crippen LogP contribution in [0.5, 0.6) is 0 Å². The first-order chi connectivity index (χ1) is 14.3. The van der Waals surface area contributed by atoms with Crippen molar-refractivity contribution in [3.8, 4) is 0 Å². The van der Waals surface area contributed by atoms with Gasteiger partial charge >= 0.3 is 6.03 Å². The van der Waals surface area contributed by atoms with Crippen LogP contribution >= 0.6 is 11.3 Å². The van der Waals surface area contributed by atoms with Crippen LogP contribution in [0, 0.1) is 17.8 Å². The van der Waals surface area contributed by atoms with Crippen molar-refractivity contribution >= 4 is 39.4 Å². The number of aryl methyl sites for hydroxylation is 1. The molecule has 1 aliphatic heterocycles. The minimum absolute atomic E-state index is 0.0454. The number of hydrogen-bond acceptors (Lipinski definition) is 6. The summed E-state index contributed by atoms with van der Waals surface area (Å²) in [5.41, 5.74) is 0.987. The van der Waals surface area contributed by atoms with Crippen LogP contribution in [0.4, 0.5) is 15.7 Å². The van der Waals surface area contributed by atoms with E-state index in [-0.39, 0.29) is 16.9 Å². The summed E-state index contributed by atoms with van der Waals surface area (Å²) in [6.45, 7) is 8.16. The van der Waals surface area contributed by atoms with E-state index in [4.69, 9.17) is 0 Å². The van der Waals surface area contributed by atoms with E-state index in [9.17, 15) is 4.79 Å². The number of H-pyrrole nitrogens is 1. The second-order valence-electron chi connectivity index (χ2n) is 9.29. The number of aromatic amines is 1. The maximum absolute atomic E-state index is 12.8. The minimum Gasteiger partial charge on any atom is -0.356 e. The molecule has 2 fully saturated rings.